The van der Waals surface area contributed by atoms with Crippen LogP contribution in [0, 0.1) is 13.8 Å². The number of nitrogen functional groups attached to an aromatic ring is 1. The maximum Gasteiger partial charge on any atom is 0.248 e. The number of nitrogens with two attached hydrogens (primary N) is 1. The van der Waals surface area contributed by atoms with Crippen molar-refractivity contribution in [2.24, 2.45) is 0 Å². The van der Waals surface area contributed by atoms with Crippen molar-refractivity contribution in [2.45, 2.75) is 13.8 Å². The van der Waals surface area contributed by atoms with E-state index in [2.05, 4.69) is 15.3 Å². The summed E-state index contributed by atoms with van der Waals surface area (Å²) in [6.07, 6.45) is 1.39. The third-order valence-corrected chi connectivity index (χ3v) is 4.20. The van der Waals surface area contributed by atoms with Crippen molar-refractivity contribution in [1.29, 1.82) is 0 Å². The van der Waals surface area contributed by atoms with Gasteiger partial charge in [0, 0.05) is 6.07 Å². The molecule has 0 aliphatic heterocycles. The predicted octanol–water partition coefficient (Wildman–Crippen LogP) is 4.23. The molecule has 27 heavy (non-hydrogen) atoms. The Balaban J connectivity index is 1.88. The van der Waals surface area contributed by atoms with Gasteiger partial charge in [0.15, 0.2) is 5.82 Å². The lowest BCUT2D eigenvalue weighted by atomic mass is 10.1. The molecule has 0 saturated carbocycles. The number of ether oxygens (including phenoxy) is 3. The van der Waals surface area contributed by atoms with E-state index in [9.17, 15) is 0 Å². The summed E-state index contributed by atoms with van der Waals surface area (Å²) in [6, 6.07) is 11.2. The zero-order chi connectivity index (χ0) is 19.4. The van der Waals surface area contributed by atoms with Crippen molar-refractivity contribution >= 4 is 17.2 Å². The van der Waals surface area contributed by atoms with Gasteiger partial charge in [0.1, 0.15) is 29.3 Å². The van der Waals surface area contributed by atoms with Crippen molar-refractivity contribution in [2.75, 3.05) is 25.3 Å². The largest absolute Gasteiger partial charge is 0.497 e. The van der Waals surface area contributed by atoms with Crippen LogP contribution in [0.2, 0.25) is 0 Å². The molecule has 140 valence electrons. The van der Waals surface area contributed by atoms with Crippen LogP contribution >= 0.6 is 0 Å². The smallest absolute Gasteiger partial charge is 0.248 e. The Hall–Kier alpha value is -3.48. The minimum absolute atomic E-state index is 0.281. The number of aryl methyl sites for hydroxylation is 2. The molecule has 1 aromatic heterocycles. The van der Waals surface area contributed by atoms with E-state index in [0.717, 1.165) is 5.56 Å². The van der Waals surface area contributed by atoms with Crippen LogP contribution < -0.4 is 25.3 Å². The van der Waals surface area contributed by atoms with Crippen molar-refractivity contribution in [3.05, 3.63) is 53.9 Å². The molecule has 1 heterocycles. The normalized spacial score (nSPS) is 10.4. The van der Waals surface area contributed by atoms with E-state index >= 15 is 0 Å². The highest BCUT2D eigenvalue weighted by Gasteiger charge is 2.13. The first-order chi connectivity index (χ1) is 13.0. The van der Waals surface area contributed by atoms with Crippen molar-refractivity contribution in [3.8, 4) is 23.1 Å². The third-order valence-electron chi connectivity index (χ3n) is 4.20. The highest BCUT2D eigenvalue weighted by molar-refractivity contribution is 5.75. The van der Waals surface area contributed by atoms with Gasteiger partial charge in [-0.05, 0) is 49.2 Å². The molecule has 0 amide bonds. The minimum atomic E-state index is 0.281. The lowest BCUT2D eigenvalue weighted by Gasteiger charge is -2.15. The van der Waals surface area contributed by atoms with E-state index in [1.54, 1.807) is 20.3 Å². The van der Waals surface area contributed by atoms with Gasteiger partial charge in [0.05, 0.1) is 19.9 Å². The van der Waals surface area contributed by atoms with Crippen LogP contribution in [0.5, 0.6) is 23.1 Å². The SMILES string of the molecule is COc1ccc(Nc2ncnc(Oc3ccc(C)c(C)c3)c2N)c(OC)c1. The zero-order valence-electron chi connectivity index (χ0n) is 15.7. The van der Waals surface area contributed by atoms with Crippen molar-refractivity contribution < 1.29 is 14.2 Å². The number of aromatic nitrogens is 2. The molecule has 0 aliphatic carbocycles. The molecule has 3 rings (SSSR count). The number of hydrogen-bond acceptors (Lipinski definition) is 7. The first-order valence-corrected chi connectivity index (χ1v) is 8.36. The van der Waals surface area contributed by atoms with Crippen LogP contribution in [0.1, 0.15) is 11.1 Å². The van der Waals surface area contributed by atoms with Gasteiger partial charge >= 0.3 is 0 Å². The number of nitrogens with zero attached hydrogens (tertiary/aromatic N) is 2. The molecule has 3 aromatic rings. The van der Waals surface area contributed by atoms with E-state index in [4.69, 9.17) is 19.9 Å². The summed E-state index contributed by atoms with van der Waals surface area (Å²) in [4.78, 5) is 8.36. The summed E-state index contributed by atoms with van der Waals surface area (Å²) < 4.78 is 16.5. The summed E-state index contributed by atoms with van der Waals surface area (Å²) >= 11 is 0. The number of methoxy groups -OCH3 is 2. The summed E-state index contributed by atoms with van der Waals surface area (Å²) in [5.41, 5.74) is 9.52. The Morgan fingerprint density at radius 2 is 1.67 bits per heavy atom. The van der Waals surface area contributed by atoms with Crippen LogP contribution in [0.15, 0.2) is 42.7 Å². The number of rotatable bonds is 6. The Morgan fingerprint density at radius 3 is 2.37 bits per heavy atom. The number of anilines is 3. The molecule has 7 heteroatoms. The van der Waals surface area contributed by atoms with Gasteiger partial charge in [-0.3, -0.25) is 0 Å². The quantitative estimate of drug-likeness (QED) is 0.674. The average Bonchev–Trinajstić information content (AvgIpc) is 2.68. The Labute approximate surface area is 158 Å². The lowest BCUT2D eigenvalue weighted by molar-refractivity contribution is 0.395. The molecule has 3 N–H and O–H groups in total. The maximum absolute atomic E-state index is 6.22. The Bertz CT molecular complexity index is 960. The topological polar surface area (TPSA) is 91.5 Å². The van der Waals surface area contributed by atoms with Crippen molar-refractivity contribution in [1.82, 2.24) is 9.97 Å². The first kappa shape index (κ1) is 18.3. The molecular weight excluding hydrogens is 344 g/mol. The molecule has 0 bridgehead atoms. The summed E-state index contributed by atoms with van der Waals surface area (Å²) in [6.45, 7) is 4.07. The average molecular weight is 366 g/mol. The van der Waals surface area contributed by atoms with Gasteiger partial charge < -0.3 is 25.3 Å². The summed E-state index contributed by atoms with van der Waals surface area (Å²) in [7, 11) is 3.18. The highest BCUT2D eigenvalue weighted by Crippen LogP contribution is 2.35. The van der Waals surface area contributed by atoms with Crippen LogP contribution in [-0.4, -0.2) is 24.2 Å². The molecule has 0 spiro atoms. The molecule has 2 aromatic carbocycles. The maximum atomic E-state index is 6.22. The molecule has 0 saturated heterocycles. The fourth-order valence-corrected chi connectivity index (χ4v) is 2.48. The van der Waals surface area contributed by atoms with Gasteiger partial charge in [0.25, 0.3) is 0 Å². The lowest BCUT2D eigenvalue weighted by Crippen LogP contribution is -2.04. The van der Waals surface area contributed by atoms with Gasteiger partial charge in [-0.25, -0.2) is 4.98 Å². The number of nitrogens with one attached hydrogen (secondary N) is 1. The first-order valence-electron chi connectivity index (χ1n) is 8.36. The van der Waals surface area contributed by atoms with Gasteiger partial charge in [-0.2, -0.15) is 4.98 Å². The fraction of sp³-hybridized carbons (Fsp3) is 0.200. The van der Waals surface area contributed by atoms with Crippen LogP contribution in [0.25, 0.3) is 0 Å². The Kier molecular flexibility index (Phi) is 5.30. The standard InChI is InChI=1S/C20H22N4O3/c1-12-5-6-15(9-13(12)2)27-20-18(21)19(22-11-23-20)24-16-8-7-14(25-3)10-17(16)26-4/h5-11H,21H2,1-4H3,(H,22,23,24). The van der Waals surface area contributed by atoms with Gasteiger partial charge in [-0.1, -0.05) is 6.07 Å². The van der Waals surface area contributed by atoms with E-state index < -0.39 is 0 Å². The fourth-order valence-electron chi connectivity index (χ4n) is 2.48. The summed E-state index contributed by atoms with van der Waals surface area (Å²) in [5, 5.41) is 3.15. The molecule has 0 fully saturated rings. The molecule has 0 aliphatic rings. The zero-order valence-corrected chi connectivity index (χ0v) is 15.7. The second-order valence-corrected chi connectivity index (χ2v) is 5.98. The molecule has 7 nitrogen and oxygen atoms in total. The third kappa shape index (κ3) is 4.03. The number of benzene rings is 2. The van der Waals surface area contributed by atoms with E-state index in [1.165, 1.54) is 11.9 Å². The highest BCUT2D eigenvalue weighted by atomic mass is 16.5. The van der Waals surface area contributed by atoms with Crippen LogP contribution in [0.4, 0.5) is 17.2 Å². The minimum Gasteiger partial charge on any atom is -0.497 e. The predicted molar refractivity (Wildman–Crippen MR) is 105 cm³/mol. The molecule has 0 radical (unpaired) electrons. The van der Waals surface area contributed by atoms with E-state index in [0.29, 0.717) is 34.4 Å². The number of hydrogen-bond donors (Lipinski definition) is 2. The second kappa shape index (κ2) is 7.82. The summed E-state index contributed by atoms with van der Waals surface area (Å²) in [5.74, 6) is 2.66. The van der Waals surface area contributed by atoms with E-state index in [-0.39, 0.29) is 5.88 Å². The van der Waals surface area contributed by atoms with Gasteiger partial charge in [0.2, 0.25) is 5.88 Å². The van der Waals surface area contributed by atoms with Crippen LogP contribution in [-0.2, 0) is 0 Å². The van der Waals surface area contributed by atoms with E-state index in [1.807, 2.05) is 44.2 Å². The monoisotopic (exact) mass is 366 g/mol. The molecule has 0 atom stereocenters. The Morgan fingerprint density at radius 1 is 0.889 bits per heavy atom. The molecular formula is C20H22N4O3. The van der Waals surface area contributed by atoms with Gasteiger partial charge in [-0.15, -0.1) is 0 Å². The molecule has 0 unspecified atom stereocenters. The van der Waals surface area contributed by atoms with Crippen LogP contribution in [0.3, 0.4) is 0 Å². The van der Waals surface area contributed by atoms with Crippen molar-refractivity contribution in [3.63, 3.8) is 0 Å². The second-order valence-electron chi connectivity index (χ2n) is 5.98.